The smallest absolute Gasteiger partial charge is 0.0600 e. The second-order valence-electron chi connectivity index (χ2n) is 4.28. The molecule has 1 rings (SSSR count). The molecule has 1 heterocycles. The minimum atomic E-state index is 0.0959. The van der Waals surface area contributed by atoms with Gasteiger partial charge in [-0.15, -0.1) is 0 Å². The van der Waals surface area contributed by atoms with Crippen LogP contribution in [0.25, 0.3) is 0 Å². The van der Waals surface area contributed by atoms with Gasteiger partial charge in [0.25, 0.3) is 0 Å². The first-order valence-corrected chi connectivity index (χ1v) is 5.28. The molecule has 0 spiro atoms. The van der Waals surface area contributed by atoms with Crippen molar-refractivity contribution in [3.63, 3.8) is 0 Å². The van der Waals surface area contributed by atoms with Crippen molar-refractivity contribution in [3.8, 4) is 0 Å². The minimum Gasteiger partial charge on any atom is -0.323 e. The van der Waals surface area contributed by atoms with Crippen LogP contribution in [0, 0.1) is 12.8 Å². The average molecular weight is 192 g/mol. The maximum absolute atomic E-state index is 6.08. The van der Waals surface area contributed by atoms with Crippen molar-refractivity contribution in [3.05, 3.63) is 29.6 Å². The molecule has 0 fully saturated rings. The molecule has 1 atom stereocenters. The highest BCUT2D eigenvalue weighted by atomic mass is 14.8. The molecule has 0 saturated carbocycles. The summed E-state index contributed by atoms with van der Waals surface area (Å²) in [6.07, 6.45) is 4.00. The summed E-state index contributed by atoms with van der Waals surface area (Å²) in [4.78, 5) is 4.33. The zero-order valence-electron chi connectivity index (χ0n) is 9.33. The maximum atomic E-state index is 6.08. The molecule has 1 aromatic heterocycles. The summed E-state index contributed by atoms with van der Waals surface area (Å²) in [5.74, 6) is 0.713. The first-order valence-electron chi connectivity index (χ1n) is 5.28. The van der Waals surface area contributed by atoms with Crippen LogP contribution in [0.1, 0.15) is 44.0 Å². The Balaban J connectivity index is 2.60. The van der Waals surface area contributed by atoms with Gasteiger partial charge in [0, 0.05) is 12.2 Å². The average Bonchev–Trinajstić information content (AvgIpc) is 2.15. The van der Waals surface area contributed by atoms with E-state index in [1.165, 1.54) is 5.56 Å². The van der Waals surface area contributed by atoms with Crippen molar-refractivity contribution >= 4 is 0 Å². The van der Waals surface area contributed by atoms with E-state index in [-0.39, 0.29) is 6.04 Å². The monoisotopic (exact) mass is 192 g/mol. The van der Waals surface area contributed by atoms with Gasteiger partial charge in [0.15, 0.2) is 0 Å². The second-order valence-corrected chi connectivity index (χ2v) is 4.28. The predicted molar refractivity (Wildman–Crippen MR) is 60.0 cm³/mol. The molecule has 2 heteroatoms. The van der Waals surface area contributed by atoms with Gasteiger partial charge < -0.3 is 5.73 Å². The molecule has 0 bridgehead atoms. The fourth-order valence-electron chi connectivity index (χ4n) is 1.54. The fourth-order valence-corrected chi connectivity index (χ4v) is 1.54. The van der Waals surface area contributed by atoms with Crippen LogP contribution in [0.2, 0.25) is 0 Å². The lowest BCUT2D eigenvalue weighted by atomic mass is 9.99. The lowest BCUT2D eigenvalue weighted by molar-refractivity contribution is 0.500. The normalized spacial score (nSPS) is 13.2. The summed E-state index contributed by atoms with van der Waals surface area (Å²) in [6.45, 7) is 6.51. The number of rotatable bonds is 4. The summed E-state index contributed by atoms with van der Waals surface area (Å²) >= 11 is 0. The predicted octanol–water partition coefficient (Wildman–Crippen LogP) is 2.83. The van der Waals surface area contributed by atoms with E-state index in [9.17, 15) is 0 Å². The summed E-state index contributed by atoms with van der Waals surface area (Å²) in [6, 6.07) is 4.12. The van der Waals surface area contributed by atoms with Crippen LogP contribution in [-0.2, 0) is 0 Å². The van der Waals surface area contributed by atoms with Crippen molar-refractivity contribution in [2.24, 2.45) is 11.7 Å². The topological polar surface area (TPSA) is 38.9 Å². The third-order valence-electron chi connectivity index (χ3n) is 2.46. The van der Waals surface area contributed by atoms with Crippen molar-refractivity contribution in [1.82, 2.24) is 4.98 Å². The molecule has 1 unspecified atom stereocenters. The van der Waals surface area contributed by atoms with E-state index in [0.29, 0.717) is 5.92 Å². The Morgan fingerprint density at radius 1 is 1.36 bits per heavy atom. The van der Waals surface area contributed by atoms with Gasteiger partial charge in [0.1, 0.15) is 0 Å². The minimum absolute atomic E-state index is 0.0959. The van der Waals surface area contributed by atoms with Gasteiger partial charge in [-0.2, -0.15) is 0 Å². The number of aryl methyl sites for hydroxylation is 1. The van der Waals surface area contributed by atoms with Crippen molar-refractivity contribution < 1.29 is 0 Å². The molecule has 0 saturated heterocycles. The van der Waals surface area contributed by atoms with E-state index in [0.717, 1.165) is 18.5 Å². The molecular formula is C12H20N2. The number of hydrogen-bond acceptors (Lipinski definition) is 2. The highest BCUT2D eigenvalue weighted by Gasteiger charge is 2.10. The SMILES string of the molecule is Cc1cccnc1C(N)CCC(C)C. The van der Waals surface area contributed by atoms with Gasteiger partial charge in [-0.25, -0.2) is 0 Å². The Hall–Kier alpha value is -0.890. The van der Waals surface area contributed by atoms with Crippen LogP contribution in [0.3, 0.4) is 0 Å². The maximum Gasteiger partial charge on any atom is 0.0600 e. The lowest BCUT2D eigenvalue weighted by Gasteiger charge is -2.14. The number of nitrogens with zero attached hydrogens (tertiary/aromatic N) is 1. The van der Waals surface area contributed by atoms with E-state index in [2.05, 4.69) is 31.8 Å². The number of hydrogen-bond donors (Lipinski definition) is 1. The van der Waals surface area contributed by atoms with Gasteiger partial charge >= 0.3 is 0 Å². The largest absolute Gasteiger partial charge is 0.323 e. The van der Waals surface area contributed by atoms with Gasteiger partial charge in [0.05, 0.1) is 5.69 Å². The first-order chi connectivity index (χ1) is 6.61. The zero-order chi connectivity index (χ0) is 10.6. The highest BCUT2D eigenvalue weighted by molar-refractivity contribution is 5.20. The number of aromatic nitrogens is 1. The molecule has 0 radical (unpaired) electrons. The molecule has 1 aromatic rings. The third-order valence-corrected chi connectivity index (χ3v) is 2.46. The summed E-state index contributed by atoms with van der Waals surface area (Å²) in [7, 11) is 0. The van der Waals surface area contributed by atoms with Crippen molar-refractivity contribution in [2.75, 3.05) is 0 Å². The molecule has 0 aliphatic carbocycles. The van der Waals surface area contributed by atoms with Crippen LogP contribution in [-0.4, -0.2) is 4.98 Å². The van der Waals surface area contributed by atoms with E-state index in [1.807, 2.05) is 12.3 Å². The van der Waals surface area contributed by atoms with Crippen LogP contribution >= 0.6 is 0 Å². The Morgan fingerprint density at radius 3 is 2.64 bits per heavy atom. The van der Waals surface area contributed by atoms with Gasteiger partial charge in [0.2, 0.25) is 0 Å². The highest BCUT2D eigenvalue weighted by Crippen LogP contribution is 2.19. The lowest BCUT2D eigenvalue weighted by Crippen LogP contribution is -2.14. The summed E-state index contributed by atoms with van der Waals surface area (Å²) in [5.41, 5.74) is 8.33. The quantitative estimate of drug-likeness (QED) is 0.796. The van der Waals surface area contributed by atoms with Crippen molar-refractivity contribution in [2.45, 2.75) is 39.7 Å². The molecule has 78 valence electrons. The first kappa shape index (κ1) is 11.2. The number of pyridine rings is 1. The van der Waals surface area contributed by atoms with Gasteiger partial charge in [-0.3, -0.25) is 4.98 Å². The molecule has 2 nitrogen and oxygen atoms in total. The Bertz CT molecular complexity index is 281. The Morgan fingerprint density at radius 2 is 2.07 bits per heavy atom. The zero-order valence-corrected chi connectivity index (χ0v) is 9.33. The van der Waals surface area contributed by atoms with Gasteiger partial charge in [-0.1, -0.05) is 19.9 Å². The van der Waals surface area contributed by atoms with Crippen molar-refractivity contribution in [1.29, 1.82) is 0 Å². The summed E-state index contributed by atoms with van der Waals surface area (Å²) < 4.78 is 0. The fraction of sp³-hybridized carbons (Fsp3) is 0.583. The van der Waals surface area contributed by atoms with Gasteiger partial charge in [-0.05, 0) is 37.3 Å². The van der Waals surface area contributed by atoms with E-state index >= 15 is 0 Å². The van der Waals surface area contributed by atoms with E-state index in [1.54, 1.807) is 0 Å². The van der Waals surface area contributed by atoms with Crippen LogP contribution in [0.4, 0.5) is 0 Å². The third kappa shape index (κ3) is 3.11. The van der Waals surface area contributed by atoms with E-state index < -0.39 is 0 Å². The Labute approximate surface area is 86.5 Å². The molecule has 0 aliphatic heterocycles. The molecular weight excluding hydrogens is 172 g/mol. The number of nitrogens with two attached hydrogens (primary N) is 1. The van der Waals surface area contributed by atoms with E-state index in [4.69, 9.17) is 5.73 Å². The van der Waals surface area contributed by atoms with Crippen LogP contribution in [0.15, 0.2) is 18.3 Å². The summed E-state index contributed by atoms with van der Waals surface area (Å²) in [5, 5.41) is 0. The molecule has 0 aliphatic rings. The second kappa shape index (κ2) is 5.11. The van der Waals surface area contributed by atoms with Crippen LogP contribution in [0.5, 0.6) is 0 Å². The Kier molecular flexibility index (Phi) is 4.08. The molecule has 2 N–H and O–H groups in total. The standard InChI is InChI=1S/C12H20N2/c1-9(2)6-7-11(13)12-10(3)5-4-8-14-12/h4-5,8-9,11H,6-7,13H2,1-3H3. The molecule has 0 amide bonds. The molecule has 14 heavy (non-hydrogen) atoms. The van der Waals surface area contributed by atoms with Crippen LogP contribution < -0.4 is 5.73 Å². The molecule has 0 aromatic carbocycles.